The Morgan fingerprint density at radius 2 is 1.22 bits per heavy atom. The fourth-order valence-electron chi connectivity index (χ4n) is 4.63. The van der Waals surface area contributed by atoms with E-state index in [2.05, 4.69) is 62.5 Å². The quantitative estimate of drug-likeness (QED) is 0.0301. The van der Waals surface area contributed by atoms with Crippen LogP contribution in [0.1, 0.15) is 142 Å². The van der Waals surface area contributed by atoms with Crippen molar-refractivity contribution in [3.05, 3.63) is 48.6 Å². The molecular weight excluding hydrogens is 601 g/mol. The number of phosphoric ester groups is 1. The van der Waals surface area contributed by atoms with Gasteiger partial charge >= 0.3 is 13.8 Å². The molecule has 2 unspecified atom stereocenters. The van der Waals surface area contributed by atoms with Crippen molar-refractivity contribution in [1.82, 2.24) is 0 Å². The molecule has 0 aliphatic rings. The van der Waals surface area contributed by atoms with E-state index in [4.69, 9.17) is 24.3 Å². The summed E-state index contributed by atoms with van der Waals surface area (Å²) >= 11 is 0. The molecule has 0 spiro atoms. The summed E-state index contributed by atoms with van der Waals surface area (Å²) in [6.45, 7) is 4.61. The number of carbonyl (C=O) groups is 1. The number of nitrogens with two attached hydrogens (primary N) is 1. The van der Waals surface area contributed by atoms with Gasteiger partial charge in [0.1, 0.15) is 6.10 Å². The van der Waals surface area contributed by atoms with E-state index in [1.54, 1.807) is 0 Å². The smallest absolute Gasteiger partial charge is 0.457 e. The summed E-state index contributed by atoms with van der Waals surface area (Å²) in [6.07, 6.45) is 39.3. The molecule has 0 radical (unpaired) electrons. The predicted octanol–water partition coefficient (Wildman–Crippen LogP) is 10.1. The lowest BCUT2D eigenvalue weighted by atomic mass is 10.1. The summed E-state index contributed by atoms with van der Waals surface area (Å²) in [5, 5.41) is 0. The van der Waals surface area contributed by atoms with Gasteiger partial charge in [0, 0.05) is 19.6 Å². The highest BCUT2D eigenvalue weighted by Gasteiger charge is 2.25. The zero-order chi connectivity index (χ0) is 33.8. The Bertz CT molecular complexity index is 844. The normalized spacial score (nSPS) is 14.3. The second kappa shape index (κ2) is 34.8. The van der Waals surface area contributed by atoms with E-state index in [0.717, 1.165) is 57.8 Å². The van der Waals surface area contributed by atoms with E-state index >= 15 is 0 Å². The summed E-state index contributed by atoms with van der Waals surface area (Å²) in [5.74, 6) is -0.358. The van der Waals surface area contributed by atoms with Gasteiger partial charge < -0.3 is 20.1 Å². The van der Waals surface area contributed by atoms with Gasteiger partial charge in [0.25, 0.3) is 0 Å². The lowest BCUT2D eigenvalue weighted by molar-refractivity contribution is -0.154. The average molecular weight is 670 g/mol. The molecule has 0 heterocycles. The van der Waals surface area contributed by atoms with Crippen molar-refractivity contribution in [2.45, 2.75) is 148 Å². The van der Waals surface area contributed by atoms with Gasteiger partial charge in [-0.25, -0.2) is 4.57 Å². The lowest BCUT2D eigenvalue weighted by Crippen LogP contribution is -2.28. The molecule has 0 aromatic rings. The molecule has 0 saturated carbocycles. The number of unbranched alkanes of at least 4 members (excludes halogenated alkanes) is 13. The summed E-state index contributed by atoms with van der Waals surface area (Å²) < 4.78 is 32.8. The van der Waals surface area contributed by atoms with Gasteiger partial charge in [0.15, 0.2) is 0 Å². The highest BCUT2D eigenvalue weighted by molar-refractivity contribution is 7.47. The van der Waals surface area contributed by atoms with Crippen LogP contribution in [0, 0.1) is 0 Å². The van der Waals surface area contributed by atoms with E-state index in [1.807, 2.05) is 0 Å². The van der Waals surface area contributed by atoms with Crippen molar-refractivity contribution in [3.63, 3.8) is 0 Å². The van der Waals surface area contributed by atoms with Crippen LogP contribution in [-0.4, -0.2) is 49.9 Å². The number of hydrogen-bond donors (Lipinski definition) is 2. The third kappa shape index (κ3) is 33.8. The average Bonchev–Trinajstić information content (AvgIpc) is 3.04. The number of allylic oxidation sites excluding steroid dienone is 8. The van der Waals surface area contributed by atoms with Crippen LogP contribution in [0.15, 0.2) is 48.6 Å². The molecule has 46 heavy (non-hydrogen) atoms. The molecule has 0 bridgehead atoms. The van der Waals surface area contributed by atoms with Gasteiger partial charge in [-0.1, -0.05) is 133 Å². The Hall–Kier alpha value is -1.54. The van der Waals surface area contributed by atoms with E-state index in [1.165, 1.54) is 64.2 Å². The zero-order valence-corrected chi connectivity index (χ0v) is 30.2. The Kier molecular flexibility index (Phi) is 33.6. The predicted molar refractivity (Wildman–Crippen MR) is 192 cm³/mol. The first-order valence-corrected chi connectivity index (χ1v) is 19.6. The number of esters is 1. The number of phosphoric acid groups is 1. The van der Waals surface area contributed by atoms with Crippen LogP contribution < -0.4 is 5.73 Å². The molecule has 0 aromatic heterocycles. The van der Waals surface area contributed by atoms with E-state index < -0.39 is 13.9 Å². The van der Waals surface area contributed by atoms with Crippen LogP contribution in [0.25, 0.3) is 0 Å². The fraction of sp³-hybridized carbons (Fsp3) is 0.757. The first-order chi connectivity index (χ1) is 22.4. The lowest BCUT2D eigenvalue weighted by Gasteiger charge is -2.20. The number of rotatable bonds is 34. The molecular formula is C37H68NO7P. The highest BCUT2D eigenvalue weighted by atomic mass is 31.2. The maximum atomic E-state index is 12.2. The van der Waals surface area contributed by atoms with Crippen molar-refractivity contribution >= 4 is 13.8 Å². The number of hydrogen-bond acceptors (Lipinski definition) is 7. The summed E-state index contributed by atoms with van der Waals surface area (Å²) in [4.78, 5) is 21.9. The molecule has 0 amide bonds. The van der Waals surface area contributed by atoms with Crippen LogP contribution in [0.3, 0.4) is 0 Å². The van der Waals surface area contributed by atoms with Crippen molar-refractivity contribution < 1.29 is 32.8 Å². The minimum Gasteiger partial charge on any atom is -0.457 e. The first-order valence-electron chi connectivity index (χ1n) is 18.1. The molecule has 0 aromatic carbocycles. The molecule has 268 valence electrons. The highest BCUT2D eigenvalue weighted by Crippen LogP contribution is 2.43. The van der Waals surface area contributed by atoms with Gasteiger partial charge in [-0.3, -0.25) is 13.8 Å². The molecule has 0 saturated heterocycles. The molecule has 0 aliphatic heterocycles. The maximum Gasteiger partial charge on any atom is 0.472 e. The third-order valence-electron chi connectivity index (χ3n) is 7.26. The van der Waals surface area contributed by atoms with Crippen molar-refractivity contribution in [1.29, 1.82) is 0 Å². The largest absolute Gasteiger partial charge is 0.472 e. The van der Waals surface area contributed by atoms with Gasteiger partial charge in [-0.15, -0.1) is 0 Å². The number of ether oxygens (including phenoxy) is 2. The second-order valence-corrected chi connectivity index (χ2v) is 13.2. The topological polar surface area (TPSA) is 117 Å². The van der Waals surface area contributed by atoms with Gasteiger partial charge in [-0.2, -0.15) is 0 Å². The van der Waals surface area contributed by atoms with Crippen LogP contribution in [0.2, 0.25) is 0 Å². The van der Waals surface area contributed by atoms with Crippen molar-refractivity contribution in [2.75, 3.05) is 33.0 Å². The van der Waals surface area contributed by atoms with Crippen LogP contribution in [-0.2, 0) is 27.9 Å². The maximum absolute atomic E-state index is 12.2. The summed E-state index contributed by atoms with van der Waals surface area (Å²) in [5.41, 5.74) is 5.31. The molecule has 2 atom stereocenters. The van der Waals surface area contributed by atoms with E-state index in [-0.39, 0.29) is 32.3 Å². The van der Waals surface area contributed by atoms with Crippen LogP contribution >= 0.6 is 7.82 Å². The summed E-state index contributed by atoms with van der Waals surface area (Å²) in [6, 6.07) is 0. The standard InChI is InChI=1S/C37H68NO7P/c1-3-5-7-8-9-10-11-12-13-14-15-16-17-18-19-20-21-22-23-24-25-26-27-29-32-42-34-36(45-37(39)30-28-6-4-2)35-44-46(40,41)43-33-31-38/h5,7,9-10,12-13,15-16,36H,3-4,6,8,11,14,17-35,38H2,1-2H3,(H,40,41)/b7-5-,10-9-,13-12-,16-15-. The van der Waals surface area contributed by atoms with Gasteiger partial charge in [0.2, 0.25) is 0 Å². The molecule has 0 rings (SSSR count). The Morgan fingerprint density at radius 3 is 1.78 bits per heavy atom. The molecule has 8 nitrogen and oxygen atoms in total. The van der Waals surface area contributed by atoms with Gasteiger partial charge in [0.05, 0.1) is 19.8 Å². The zero-order valence-electron chi connectivity index (χ0n) is 29.3. The second-order valence-electron chi connectivity index (χ2n) is 11.7. The minimum absolute atomic E-state index is 0.0977. The van der Waals surface area contributed by atoms with Crippen LogP contribution in [0.5, 0.6) is 0 Å². The molecule has 3 N–H and O–H groups in total. The SMILES string of the molecule is CC/C=C\C/C=C\C/C=C\C/C=C\CCCCCCCCCCCCCOCC(COP(=O)(O)OCCN)OC(=O)CCCCC. The summed E-state index contributed by atoms with van der Waals surface area (Å²) in [7, 11) is -4.25. The van der Waals surface area contributed by atoms with Crippen LogP contribution in [0.4, 0.5) is 0 Å². The van der Waals surface area contributed by atoms with E-state index in [0.29, 0.717) is 13.0 Å². The number of carbonyl (C=O) groups excluding carboxylic acids is 1. The Balaban J connectivity index is 3.76. The Morgan fingerprint density at radius 1 is 0.674 bits per heavy atom. The Labute approximate surface area is 281 Å². The molecule has 0 aliphatic carbocycles. The van der Waals surface area contributed by atoms with Crippen molar-refractivity contribution in [3.8, 4) is 0 Å². The first kappa shape index (κ1) is 44.5. The minimum atomic E-state index is -4.25. The van der Waals surface area contributed by atoms with E-state index in [9.17, 15) is 14.3 Å². The molecule has 0 fully saturated rings. The fourth-order valence-corrected chi connectivity index (χ4v) is 5.40. The monoisotopic (exact) mass is 669 g/mol. The molecule has 9 heteroatoms. The third-order valence-corrected chi connectivity index (χ3v) is 8.24. The van der Waals surface area contributed by atoms with Gasteiger partial charge in [-0.05, 0) is 51.4 Å². The van der Waals surface area contributed by atoms with Crippen molar-refractivity contribution in [2.24, 2.45) is 5.73 Å².